The molecule has 2 aromatic heterocycles. The molecule has 0 aliphatic carbocycles. The summed E-state index contributed by atoms with van der Waals surface area (Å²) in [6.45, 7) is 5.42. The molecule has 1 aliphatic heterocycles. The minimum absolute atomic E-state index is 0.206. The number of carbonyl (C=O) groups excluding carboxylic acids is 2. The van der Waals surface area contributed by atoms with Crippen LogP contribution in [-0.4, -0.2) is 72.3 Å². The zero-order chi connectivity index (χ0) is 21.7. The molecule has 0 spiro atoms. The maximum absolute atomic E-state index is 12.1. The third-order valence-electron chi connectivity index (χ3n) is 4.97. The Morgan fingerprint density at radius 2 is 1.87 bits per heavy atom. The summed E-state index contributed by atoms with van der Waals surface area (Å²) < 4.78 is 0. The van der Waals surface area contributed by atoms with Gasteiger partial charge in [0.2, 0.25) is 0 Å². The monoisotopic (exact) mass is 414 g/mol. The van der Waals surface area contributed by atoms with Crippen LogP contribution < -0.4 is 26.4 Å². The van der Waals surface area contributed by atoms with Crippen LogP contribution in [0.2, 0.25) is 0 Å². The standard InChI is InChI=1S/C19H26N8O3/c1-12-15(5-4-14(22-12)18(29)20-2)27-8-6-26(7-9-27)11-13-10-16(23-19(30)21-3)24-25-17(13)28/h4-5,10H,6-9,11H2,1-3H3,(H,20,29)(H,25,28)(H2,21,23,24,30). The summed E-state index contributed by atoms with van der Waals surface area (Å²) in [4.78, 5) is 44.1. The number of hydrogen-bond acceptors (Lipinski definition) is 7. The number of anilines is 2. The number of amides is 3. The van der Waals surface area contributed by atoms with Crippen LogP contribution in [-0.2, 0) is 6.54 Å². The van der Waals surface area contributed by atoms with Gasteiger partial charge in [0.05, 0.1) is 11.4 Å². The number of carbonyl (C=O) groups is 2. The molecular weight excluding hydrogens is 388 g/mol. The first-order chi connectivity index (χ1) is 14.4. The van der Waals surface area contributed by atoms with Crippen LogP contribution in [0.15, 0.2) is 23.0 Å². The summed E-state index contributed by atoms with van der Waals surface area (Å²) in [7, 11) is 3.09. The molecule has 3 amide bonds. The predicted molar refractivity (Wildman–Crippen MR) is 113 cm³/mol. The molecule has 0 unspecified atom stereocenters. The lowest BCUT2D eigenvalue weighted by molar-refractivity contribution is 0.0958. The Balaban J connectivity index is 1.62. The lowest BCUT2D eigenvalue weighted by Gasteiger charge is -2.36. The summed E-state index contributed by atoms with van der Waals surface area (Å²) in [5.41, 5.74) is 2.47. The molecule has 1 saturated heterocycles. The fourth-order valence-electron chi connectivity index (χ4n) is 3.34. The van der Waals surface area contributed by atoms with Gasteiger partial charge in [-0.2, -0.15) is 5.10 Å². The van der Waals surface area contributed by atoms with E-state index in [9.17, 15) is 14.4 Å². The number of hydrogen-bond donors (Lipinski definition) is 4. The highest BCUT2D eigenvalue weighted by Crippen LogP contribution is 2.21. The Labute approximate surface area is 173 Å². The Morgan fingerprint density at radius 3 is 2.50 bits per heavy atom. The van der Waals surface area contributed by atoms with Gasteiger partial charge in [-0.3, -0.25) is 19.8 Å². The first-order valence-corrected chi connectivity index (χ1v) is 9.65. The molecule has 1 aliphatic rings. The van der Waals surface area contributed by atoms with E-state index in [-0.39, 0.29) is 11.5 Å². The third kappa shape index (κ3) is 4.92. The Bertz CT molecular complexity index is 982. The third-order valence-corrected chi connectivity index (χ3v) is 4.97. The van der Waals surface area contributed by atoms with Crippen molar-refractivity contribution in [1.29, 1.82) is 0 Å². The quantitative estimate of drug-likeness (QED) is 0.537. The maximum Gasteiger partial charge on any atom is 0.320 e. The molecule has 0 saturated carbocycles. The second-order valence-electron chi connectivity index (χ2n) is 6.96. The highest BCUT2D eigenvalue weighted by atomic mass is 16.2. The lowest BCUT2D eigenvalue weighted by Crippen LogP contribution is -2.46. The molecule has 11 nitrogen and oxygen atoms in total. The van der Waals surface area contributed by atoms with E-state index in [4.69, 9.17) is 0 Å². The van der Waals surface area contributed by atoms with Crippen molar-refractivity contribution in [3.63, 3.8) is 0 Å². The van der Waals surface area contributed by atoms with Gasteiger partial charge in [0.25, 0.3) is 11.5 Å². The molecule has 2 aromatic rings. The van der Waals surface area contributed by atoms with Crippen molar-refractivity contribution in [3.05, 3.63) is 45.5 Å². The second kappa shape index (κ2) is 9.35. The number of H-pyrrole nitrogens is 1. The second-order valence-corrected chi connectivity index (χ2v) is 6.96. The van der Waals surface area contributed by atoms with E-state index in [0.29, 0.717) is 23.6 Å². The molecule has 0 bridgehead atoms. The molecule has 0 radical (unpaired) electrons. The van der Waals surface area contributed by atoms with Gasteiger partial charge in [0, 0.05) is 52.4 Å². The molecule has 0 aromatic carbocycles. The molecule has 30 heavy (non-hydrogen) atoms. The van der Waals surface area contributed by atoms with Gasteiger partial charge in [-0.15, -0.1) is 0 Å². The number of urea groups is 1. The van der Waals surface area contributed by atoms with E-state index in [2.05, 4.69) is 40.9 Å². The van der Waals surface area contributed by atoms with Crippen molar-refractivity contribution in [2.75, 3.05) is 50.5 Å². The normalized spacial score (nSPS) is 14.3. The first-order valence-electron chi connectivity index (χ1n) is 9.65. The van der Waals surface area contributed by atoms with Crippen molar-refractivity contribution in [3.8, 4) is 0 Å². The smallest absolute Gasteiger partial charge is 0.320 e. The van der Waals surface area contributed by atoms with Crippen molar-refractivity contribution >= 4 is 23.4 Å². The van der Waals surface area contributed by atoms with Gasteiger partial charge < -0.3 is 15.5 Å². The maximum atomic E-state index is 12.1. The van der Waals surface area contributed by atoms with E-state index in [0.717, 1.165) is 37.6 Å². The highest BCUT2D eigenvalue weighted by Gasteiger charge is 2.21. The van der Waals surface area contributed by atoms with Crippen molar-refractivity contribution in [2.45, 2.75) is 13.5 Å². The van der Waals surface area contributed by atoms with E-state index in [1.807, 2.05) is 13.0 Å². The van der Waals surface area contributed by atoms with Gasteiger partial charge in [0.1, 0.15) is 5.69 Å². The van der Waals surface area contributed by atoms with Gasteiger partial charge in [0.15, 0.2) is 5.82 Å². The summed E-state index contributed by atoms with van der Waals surface area (Å²) in [5.74, 6) is 0.0859. The lowest BCUT2D eigenvalue weighted by atomic mass is 10.2. The van der Waals surface area contributed by atoms with Gasteiger partial charge in [-0.05, 0) is 25.1 Å². The summed E-state index contributed by atoms with van der Waals surface area (Å²) in [5, 5.41) is 13.8. The van der Waals surface area contributed by atoms with Crippen LogP contribution in [0, 0.1) is 6.92 Å². The van der Waals surface area contributed by atoms with Gasteiger partial charge in [-0.25, -0.2) is 14.9 Å². The zero-order valence-corrected chi connectivity index (χ0v) is 17.3. The summed E-state index contributed by atoms with van der Waals surface area (Å²) in [6, 6.07) is 4.84. The van der Waals surface area contributed by atoms with Crippen molar-refractivity contribution in [2.24, 2.45) is 0 Å². The molecule has 160 valence electrons. The number of rotatable bonds is 5. The number of aryl methyl sites for hydroxylation is 1. The highest BCUT2D eigenvalue weighted by molar-refractivity contribution is 5.92. The Hall–Kier alpha value is -3.47. The number of piperazine rings is 1. The molecule has 0 atom stereocenters. The van der Waals surface area contributed by atoms with E-state index < -0.39 is 6.03 Å². The molecule has 4 N–H and O–H groups in total. The largest absolute Gasteiger partial charge is 0.368 e. The molecule has 3 heterocycles. The zero-order valence-electron chi connectivity index (χ0n) is 17.3. The average Bonchev–Trinajstić information content (AvgIpc) is 2.76. The van der Waals surface area contributed by atoms with Crippen LogP contribution in [0.1, 0.15) is 21.7 Å². The fraction of sp³-hybridized carbons (Fsp3) is 0.421. The van der Waals surface area contributed by atoms with Crippen LogP contribution in [0.5, 0.6) is 0 Å². The average molecular weight is 414 g/mol. The van der Waals surface area contributed by atoms with Gasteiger partial charge in [-0.1, -0.05) is 0 Å². The topological polar surface area (TPSA) is 135 Å². The molecular formula is C19H26N8O3. The molecule has 3 rings (SSSR count). The SMILES string of the molecule is CNC(=O)Nc1cc(CN2CCN(c3ccc(C(=O)NC)nc3C)CC2)c(=O)[nH]n1. The number of aromatic nitrogens is 3. The van der Waals surface area contributed by atoms with E-state index in [1.54, 1.807) is 19.2 Å². The van der Waals surface area contributed by atoms with Crippen LogP contribution >= 0.6 is 0 Å². The molecule has 11 heteroatoms. The summed E-state index contributed by atoms with van der Waals surface area (Å²) in [6.07, 6.45) is 0. The first kappa shape index (κ1) is 21.2. The van der Waals surface area contributed by atoms with E-state index in [1.165, 1.54) is 7.05 Å². The minimum Gasteiger partial charge on any atom is -0.368 e. The van der Waals surface area contributed by atoms with Crippen molar-refractivity contribution < 1.29 is 9.59 Å². The fourth-order valence-corrected chi connectivity index (χ4v) is 3.34. The predicted octanol–water partition coefficient (Wildman–Crippen LogP) is -0.0936. The Morgan fingerprint density at radius 1 is 1.13 bits per heavy atom. The summed E-state index contributed by atoms with van der Waals surface area (Å²) >= 11 is 0. The number of aromatic amines is 1. The van der Waals surface area contributed by atoms with Crippen molar-refractivity contribution in [1.82, 2.24) is 30.7 Å². The number of nitrogens with zero attached hydrogens (tertiary/aromatic N) is 4. The number of nitrogens with one attached hydrogen (secondary N) is 4. The molecule has 1 fully saturated rings. The van der Waals surface area contributed by atoms with Crippen LogP contribution in [0.3, 0.4) is 0 Å². The van der Waals surface area contributed by atoms with Crippen LogP contribution in [0.4, 0.5) is 16.3 Å². The van der Waals surface area contributed by atoms with Crippen LogP contribution in [0.25, 0.3) is 0 Å². The van der Waals surface area contributed by atoms with Gasteiger partial charge >= 0.3 is 6.03 Å². The number of pyridine rings is 1. The van der Waals surface area contributed by atoms with E-state index >= 15 is 0 Å². The Kier molecular flexibility index (Phi) is 6.62. The minimum atomic E-state index is -0.402.